The van der Waals surface area contributed by atoms with Crippen LogP contribution in [-0.4, -0.2) is 47.6 Å². The van der Waals surface area contributed by atoms with Crippen LogP contribution in [0.1, 0.15) is 108 Å². The number of hydrogen-bond acceptors (Lipinski definition) is 5. The largest absolute Gasteiger partial charge is 0.491 e. The van der Waals surface area contributed by atoms with E-state index >= 15 is 0 Å². The zero-order valence-corrected chi connectivity index (χ0v) is 28.7. The van der Waals surface area contributed by atoms with Crippen molar-refractivity contribution in [2.75, 3.05) is 25.6 Å². The molecule has 0 aliphatic carbocycles. The van der Waals surface area contributed by atoms with Crippen LogP contribution in [-0.2, 0) is 10.2 Å². The first kappa shape index (κ1) is 38.3. The Kier molecular flexibility index (Phi) is 17.9. The molecule has 1 heterocycles. The smallest absolute Gasteiger partial charge is 0.119 e. The predicted molar refractivity (Wildman–Crippen MR) is 176 cm³/mol. The van der Waals surface area contributed by atoms with Crippen LogP contribution < -0.4 is 9.47 Å². The lowest BCUT2D eigenvalue weighted by Gasteiger charge is -2.32. The third kappa shape index (κ3) is 14.8. The summed E-state index contributed by atoms with van der Waals surface area (Å²) in [5.74, 6) is 2.32. The van der Waals surface area contributed by atoms with E-state index in [0.29, 0.717) is 19.0 Å². The summed E-state index contributed by atoms with van der Waals surface area (Å²) in [7, 11) is 0. The molecular formula is C35H60O4S. The molecule has 40 heavy (non-hydrogen) atoms. The highest BCUT2D eigenvalue weighted by atomic mass is 32.2. The summed E-state index contributed by atoms with van der Waals surface area (Å²) < 4.78 is 17.0. The van der Waals surface area contributed by atoms with Crippen LogP contribution in [0.5, 0.6) is 11.5 Å². The van der Waals surface area contributed by atoms with Crippen molar-refractivity contribution in [2.24, 2.45) is 5.41 Å². The molecule has 2 aromatic rings. The molecule has 1 aliphatic heterocycles. The van der Waals surface area contributed by atoms with E-state index in [1.54, 1.807) is 0 Å². The van der Waals surface area contributed by atoms with Crippen molar-refractivity contribution in [3.8, 4) is 11.5 Å². The van der Waals surface area contributed by atoms with Gasteiger partial charge in [0, 0.05) is 15.9 Å². The summed E-state index contributed by atoms with van der Waals surface area (Å²) in [5, 5.41) is 10.4. The van der Waals surface area contributed by atoms with Gasteiger partial charge in [-0.05, 0) is 47.2 Å². The molecule has 2 atom stereocenters. The molecule has 4 nitrogen and oxygen atoms in total. The second kappa shape index (κ2) is 18.7. The lowest BCUT2D eigenvalue weighted by Crippen LogP contribution is -2.28. The normalized spacial score (nSPS) is 15.2. The van der Waals surface area contributed by atoms with Gasteiger partial charge < -0.3 is 19.3 Å². The topological polar surface area (TPSA) is 51.2 Å². The van der Waals surface area contributed by atoms with Crippen LogP contribution >= 0.6 is 11.8 Å². The van der Waals surface area contributed by atoms with E-state index in [4.69, 9.17) is 14.2 Å². The number of thioether (sulfide) groups is 1. The second-order valence-corrected chi connectivity index (χ2v) is 13.4. The number of hydrogen-bond donors (Lipinski definition) is 1. The van der Waals surface area contributed by atoms with Gasteiger partial charge in [0.1, 0.15) is 30.8 Å². The number of ether oxygens (including phenoxy) is 3. The molecule has 0 bridgehead atoms. The van der Waals surface area contributed by atoms with Gasteiger partial charge in [0.05, 0.1) is 12.7 Å². The van der Waals surface area contributed by atoms with Crippen molar-refractivity contribution in [2.45, 2.75) is 119 Å². The van der Waals surface area contributed by atoms with Crippen molar-refractivity contribution in [3.05, 3.63) is 59.7 Å². The van der Waals surface area contributed by atoms with E-state index < -0.39 is 6.10 Å². The summed E-state index contributed by atoms with van der Waals surface area (Å²) in [6, 6.07) is 16.5. The van der Waals surface area contributed by atoms with Gasteiger partial charge in [-0.3, -0.25) is 0 Å². The standard InChI is InChI=1S/C29H42O4S.3C2H6/c1-27(2,3)20-28(4,5)34-19-23(30)16-31-24-12-8-21(9-13-24)29(6,7)22-10-14-25(15-11-22)32-17-26-18-33-26;3*1-2/h8-15,23,26,30H,16-20H2,1-7H3;3*1-2H3. The Bertz CT molecular complexity index is 894. The van der Waals surface area contributed by atoms with Crippen molar-refractivity contribution < 1.29 is 19.3 Å². The highest BCUT2D eigenvalue weighted by Crippen LogP contribution is 2.37. The Morgan fingerprint density at radius 1 is 0.775 bits per heavy atom. The fourth-order valence-electron chi connectivity index (χ4n) is 4.35. The van der Waals surface area contributed by atoms with Crippen LogP contribution in [0.3, 0.4) is 0 Å². The molecule has 5 heteroatoms. The number of epoxide rings is 1. The van der Waals surface area contributed by atoms with Crippen LogP contribution in [0.15, 0.2) is 48.5 Å². The number of benzene rings is 2. The number of rotatable bonds is 12. The first-order valence-corrected chi connectivity index (χ1v) is 16.2. The lowest BCUT2D eigenvalue weighted by atomic mass is 9.78. The molecule has 3 rings (SSSR count). The average Bonchev–Trinajstić information content (AvgIpc) is 3.77. The molecule has 1 N–H and O–H groups in total. The minimum absolute atomic E-state index is 0.127. The SMILES string of the molecule is CC.CC.CC.CC(C)(C)CC(C)(C)SCC(O)COc1ccc(C(C)(C)c2ccc(OCC3CO3)cc2)cc1. The van der Waals surface area contributed by atoms with E-state index in [0.717, 1.165) is 24.5 Å². The molecule has 230 valence electrons. The molecule has 0 amide bonds. The third-order valence-electron chi connectivity index (χ3n) is 6.06. The van der Waals surface area contributed by atoms with E-state index in [1.807, 2.05) is 77.6 Å². The van der Waals surface area contributed by atoms with Gasteiger partial charge in [-0.25, -0.2) is 0 Å². The molecule has 2 unspecified atom stereocenters. The molecular weight excluding hydrogens is 516 g/mol. The van der Waals surface area contributed by atoms with E-state index in [-0.39, 0.29) is 21.7 Å². The highest BCUT2D eigenvalue weighted by Gasteiger charge is 2.27. The van der Waals surface area contributed by atoms with Crippen LogP contribution in [0.2, 0.25) is 0 Å². The summed E-state index contributed by atoms with van der Waals surface area (Å²) in [6.07, 6.45) is 0.866. The summed E-state index contributed by atoms with van der Waals surface area (Å²) in [6.45, 7) is 29.4. The zero-order valence-electron chi connectivity index (χ0n) is 27.9. The van der Waals surface area contributed by atoms with E-state index in [9.17, 15) is 5.11 Å². The Balaban J connectivity index is 0.00000237. The molecule has 1 saturated heterocycles. The monoisotopic (exact) mass is 576 g/mol. The average molecular weight is 577 g/mol. The minimum Gasteiger partial charge on any atom is -0.491 e. The van der Waals surface area contributed by atoms with Gasteiger partial charge in [-0.15, -0.1) is 0 Å². The van der Waals surface area contributed by atoms with Gasteiger partial charge in [-0.1, -0.05) is 114 Å². The summed E-state index contributed by atoms with van der Waals surface area (Å²) in [4.78, 5) is 0. The predicted octanol–water partition coefficient (Wildman–Crippen LogP) is 9.56. The first-order chi connectivity index (χ1) is 18.8. The maximum absolute atomic E-state index is 10.4. The molecule has 2 aromatic carbocycles. The van der Waals surface area contributed by atoms with E-state index in [1.165, 1.54) is 11.1 Å². The zero-order chi connectivity index (χ0) is 31.0. The highest BCUT2D eigenvalue weighted by molar-refractivity contribution is 8.00. The summed E-state index contributed by atoms with van der Waals surface area (Å²) in [5.41, 5.74) is 2.56. The van der Waals surface area contributed by atoms with Crippen LogP contribution in [0, 0.1) is 5.41 Å². The molecule has 1 aliphatic rings. The maximum atomic E-state index is 10.4. The van der Waals surface area contributed by atoms with E-state index in [2.05, 4.69) is 72.7 Å². The van der Waals surface area contributed by atoms with Gasteiger partial charge in [0.15, 0.2) is 0 Å². The minimum atomic E-state index is -0.493. The summed E-state index contributed by atoms with van der Waals surface area (Å²) >= 11 is 1.82. The van der Waals surface area contributed by atoms with Crippen molar-refractivity contribution in [1.29, 1.82) is 0 Å². The van der Waals surface area contributed by atoms with Crippen molar-refractivity contribution >= 4 is 11.8 Å². The molecule has 0 radical (unpaired) electrons. The third-order valence-corrected chi connectivity index (χ3v) is 7.53. The van der Waals surface area contributed by atoms with Gasteiger partial charge in [0.2, 0.25) is 0 Å². The van der Waals surface area contributed by atoms with Gasteiger partial charge in [-0.2, -0.15) is 11.8 Å². The van der Waals surface area contributed by atoms with Gasteiger partial charge >= 0.3 is 0 Å². The Morgan fingerprint density at radius 3 is 1.60 bits per heavy atom. The molecule has 0 saturated carbocycles. The molecule has 0 aromatic heterocycles. The van der Waals surface area contributed by atoms with Crippen LogP contribution in [0.4, 0.5) is 0 Å². The lowest BCUT2D eigenvalue weighted by molar-refractivity contribution is 0.126. The fraction of sp³-hybridized carbons (Fsp3) is 0.657. The second-order valence-electron chi connectivity index (χ2n) is 11.7. The van der Waals surface area contributed by atoms with Gasteiger partial charge in [0.25, 0.3) is 0 Å². The number of aliphatic hydroxyl groups excluding tert-OH is 1. The van der Waals surface area contributed by atoms with Crippen molar-refractivity contribution in [1.82, 2.24) is 0 Å². The number of aliphatic hydroxyl groups is 1. The fourth-order valence-corrected chi connectivity index (χ4v) is 5.62. The maximum Gasteiger partial charge on any atom is 0.119 e. The molecule has 1 fully saturated rings. The molecule has 0 spiro atoms. The Hall–Kier alpha value is -1.69. The Morgan fingerprint density at radius 2 is 1.20 bits per heavy atom. The Labute approximate surface area is 251 Å². The van der Waals surface area contributed by atoms with Crippen LogP contribution in [0.25, 0.3) is 0 Å². The first-order valence-electron chi connectivity index (χ1n) is 15.2. The quantitative estimate of drug-likeness (QED) is 0.255. The van der Waals surface area contributed by atoms with Crippen molar-refractivity contribution in [3.63, 3.8) is 0 Å².